The maximum atomic E-state index is 13.5. The number of nitrogens with zero attached hydrogens (tertiary/aromatic N) is 1. The van der Waals surface area contributed by atoms with Crippen LogP contribution in [0.25, 0.3) is 0 Å². The fraction of sp³-hybridized carbons (Fsp3) is 0.812. The molecule has 0 aliphatic rings. The molecule has 1 atom stereocenters. The quantitative estimate of drug-likeness (QED) is 0.163. The van der Waals surface area contributed by atoms with Gasteiger partial charge < -0.3 is 19.4 Å². The van der Waals surface area contributed by atoms with Gasteiger partial charge in [0.25, 0.3) is 0 Å². The number of hydrogen-bond acceptors (Lipinski definition) is 3. The van der Waals surface area contributed by atoms with Crippen molar-refractivity contribution in [2.24, 2.45) is 0 Å². The van der Waals surface area contributed by atoms with Crippen molar-refractivity contribution in [2.75, 3.05) is 40.4 Å². The van der Waals surface area contributed by atoms with Crippen LogP contribution in [-0.4, -0.2) is 103 Å². The maximum absolute atomic E-state index is 13.5. The predicted octanol–water partition coefficient (Wildman–Crippen LogP) is 3.82. The molecule has 202 valence electrons. The highest BCUT2D eigenvalue weighted by Gasteiger charge is 2.90. The number of carbonyl (C=O) groups is 1. The van der Waals surface area contributed by atoms with Crippen LogP contribution in [0, 0.1) is 0 Å². The summed E-state index contributed by atoms with van der Waals surface area (Å²) in [7, 11) is 2.72. The first-order valence-electron chi connectivity index (χ1n) is 8.70. The van der Waals surface area contributed by atoms with Crippen LogP contribution in [0.15, 0.2) is 12.2 Å². The van der Waals surface area contributed by atoms with Crippen molar-refractivity contribution in [3.05, 3.63) is 12.2 Å². The standard InChI is InChI=1S/C16H18F13NO4/c1-30(2,7-10(32)33)6-9(31)8-34-5-3-4-11(17,18)12(19,20)13(21,22)14(23,24)15(25,26)16(27,28)29/h3-4,9,31H,5-8H2,1-2H3/p+1/b4-3+. The molecule has 5 nitrogen and oxygen atoms in total. The third kappa shape index (κ3) is 6.65. The van der Waals surface area contributed by atoms with Crippen LogP contribution in [-0.2, 0) is 9.53 Å². The largest absolute Gasteiger partial charge is 0.477 e. The number of allylic oxidation sites excluding steroid dienone is 1. The number of hydrogen-bond donors (Lipinski definition) is 2. The Labute approximate surface area is 183 Å². The highest BCUT2D eigenvalue weighted by Crippen LogP contribution is 2.60. The lowest BCUT2D eigenvalue weighted by molar-refractivity contribution is -0.886. The summed E-state index contributed by atoms with van der Waals surface area (Å²) in [5, 5.41) is 18.3. The van der Waals surface area contributed by atoms with E-state index >= 15 is 0 Å². The van der Waals surface area contributed by atoms with Crippen molar-refractivity contribution in [1.29, 1.82) is 0 Å². The Kier molecular flexibility index (Phi) is 9.50. The highest BCUT2D eigenvalue weighted by atomic mass is 19.4. The van der Waals surface area contributed by atoms with Crippen LogP contribution in [0.5, 0.6) is 0 Å². The number of alkyl halides is 13. The van der Waals surface area contributed by atoms with Crippen LogP contribution < -0.4 is 0 Å². The molecule has 0 aromatic rings. The second kappa shape index (κ2) is 10.0. The van der Waals surface area contributed by atoms with E-state index in [0.717, 1.165) is 0 Å². The maximum Gasteiger partial charge on any atom is 0.460 e. The molecule has 0 aromatic carbocycles. The molecule has 0 rings (SSSR count). The van der Waals surface area contributed by atoms with Crippen molar-refractivity contribution in [3.63, 3.8) is 0 Å². The predicted molar refractivity (Wildman–Crippen MR) is 86.2 cm³/mol. The van der Waals surface area contributed by atoms with Gasteiger partial charge in [0.2, 0.25) is 0 Å². The van der Waals surface area contributed by atoms with Gasteiger partial charge in [0.05, 0.1) is 27.3 Å². The van der Waals surface area contributed by atoms with Crippen LogP contribution >= 0.6 is 0 Å². The average Bonchev–Trinajstić information content (AvgIpc) is 2.57. The summed E-state index contributed by atoms with van der Waals surface area (Å²) in [5.41, 5.74) is 0. The fourth-order valence-electron chi connectivity index (χ4n) is 2.41. The van der Waals surface area contributed by atoms with E-state index in [9.17, 15) is 67.0 Å². The molecule has 0 amide bonds. The van der Waals surface area contributed by atoms with Gasteiger partial charge in [-0.05, 0) is 6.08 Å². The van der Waals surface area contributed by atoms with Gasteiger partial charge in [-0.15, -0.1) is 0 Å². The molecule has 0 saturated carbocycles. The number of quaternary nitrogens is 1. The summed E-state index contributed by atoms with van der Waals surface area (Å²) in [4.78, 5) is 10.6. The molecule has 1 unspecified atom stereocenters. The molecule has 0 aliphatic heterocycles. The Morgan fingerprint density at radius 1 is 0.853 bits per heavy atom. The minimum Gasteiger partial charge on any atom is -0.477 e. The first-order chi connectivity index (χ1) is 14.8. The molecule has 0 bridgehead atoms. The Balaban J connectivity index is 5.37. The first kappa shape index (κ1) is 32.2. The Hall–Kier alpha value is -1.82. The van der Waals surface area contributed by atoms with Crippen LogP contribution in [0.1, 0.15) is 0 Å². The smallest absolute Gasteiger partial charge is 0.460 e. The van der Waals surface area contributed by atoms with Gasteiger partial charge in [0.1, 0.15) is 12.6 Å². The molecule has 0 radical (unpaired) electrons. The molecule has 0 heterocycles. The monoisotopic (exact) mass is 536 g/mol. The minimum atomic E-state index is -7.97. The number of carboxylic acid groups (broad SMARTS) is 1. The Morgan fingerprint density at radius 2 is 1.29 bits per heavy atom. The molecule has 0 spiro atoms. The first-order valence-corrected chi connectivity index (χ1v) is 8.70. The summed E-state index contributed by atoms with van der Waals surface area (Å²) < 4.78 is 172. The van der Waals surface area contributed by atoms with Crippen molar-refractivity contribution in [1.82, 2.24) is 0 Å². The Morgan fingerprint density at radius 3 is 1.71 bits per heavy atom. The van der Waals surface area contributed by atoms with Gasteiger partial charge in [-0.2, -0.15) is 57.1 Å². The normalized spacial score (nSPS) is 16.2. The molecule has 0 aliphatic carbocycles. The summed E-state index contributed by atoms with van der Waals surface area (Å²) in [6, 6.07) is 0. The minimum absolute atomic E-state index is 0.159. The van der Waals surface area contributed by atoms with Crippen LogP contribution in [0.2, 0.25) is 0 Å². The van der Waals surface area contributed by atoms with Gasteiger partial charge in [0, 0.05) is 0 Å². The van der Waals surface area contributed by atoms with E-state index in [2.05, 4.69) is 4.74 Å². The van der Waals surface area contributed by atoms with Crippen molar-refractivity contribution < 1.29 is 81.3 Å². The number of halogens is 13. The summed E-state index contributed by atoms with van der Waals surface area (Å²) >= 11 is 0. The SMILES string of the molecule is C[N+](C)(CC(=O)O)CC(O)COC/C=C/C(F)(F)C(F)(F)C(F)(F)C(F)(F)C(F)(F)C(F)(F)F. The van der Waals surface area contributed by atoms with Crippen molar-refractivity contribution >= 4 is 5.97 Å². The zero-order chi connectivity index (χ0) is 27.6. The number of aliphatic carboxylic acids is 1. The topological polar surface area (TPSA) is 66.8 Å². The van der Waals surface area contributed by atoms with E-state index in [-0.39, 0.29) is 17.1 Å². The van der Waals surface area contributed by atoms with Gasteiger partial charge in [0.15, 0.2) is 6.54 Å². The number of carboxylic acids is 1. The second-order valence-corrected chi connectivity index (χ2v) is 7.68. The van der Waals surface area contributed by atoms with Gasteiger partial charge in [-0.1, -0.05) is 6.08 Å². The van der Waals surface area contributed by atoms with E-state index < -0.39 is 73.7 Å². The van der Waals surface area contributed by atoms with Crippen LogP contribution in [0.4, 0.5) is 57.1 Å². The summed E-state index contributed by atoms with van der Waals surface area (Å²) in [6.45, 7) is -2.64. The van der Waals surface area contributed by atoms with Gasteiger partial charge >= 0.3 is 41.8 Å². The summed E-state index contributed by atoms with van der Waals surface area (Å²) in [5.74, 6) is -38.7. The lowest BCUT2D eigenvalue weighted by atomic mass is 9.94. The van der Waals surface area contributed by atoms with Crippen molar-refractivity contribution in [2.45, 2.75) is 41.9 Å². The van der Waals surface area contributed by atoms with E-state index in [1.54, 1.807) is 0 Å². The van der Waals surface area contributed by atoms with E-state index in [0.29, 0.717) is 0 Å². The van der Waals surface area contributed by atoms with Gasteiger partial charge in [-0.25, -0.2) is 4.79 Å². The van der Waals surface area contributed by atoms with Crippen molar-refractivity contribution in [3.8, 4) is 0 Å². The third-order valence-corrected chi connectivity index (χ3v) is 4.08. The molecular formula is C16H19F13NO4+. The molecule has 0 fully saturated rings. The molecule has 34 heavy (non-hydrogen) atoms. The summed E-state index contributed by atoms with van der Waals surface area (Å²) in [6.07, 6.45) is -10.3. The van der Waals surface area contributed by atoms with E-state index in [1.165, 1.54) is 14.1 Å². The number of aliphatic hydroxyl groups is 1. The zero-order valence-corrected chi connectivity index (χ0v) is 17.1. The third-order valence-electron chi connectivity index (χ3n) is 4.08. The molecule has 0 aromatic heterocycles. The molecular weight excluding hydrogens is 517 g/mol. The van der Waals surface area contributed by atoms with E-state index in [1.807, 2.05) is 0 Å². The van der Waals surface area contributed by atoms with Crippen LogP contribution in [0.3, 0.4) is 0 Å². The zero-order valence-electron chi connectivity index (χ0n) is 17.1. The van der Waals surface area contributed by atoms with E-state index in [4.69, 9.17) is 5.11 Å². The van der Waals surface area contributed by atoms with Gasteiger partial charge in [-0.3, -0.25) is 0 Å². The average molecular weight is 536 g/mol. The fourth-order valence-corrected chi connectivity index (χ4v) is 2.41. The number of aliphatic hydroxyl groups excluding tert-OH is 1. The molecule has 0 saturated heterocycles. The number of rotatable bonds is 13. The highest BCUT2D eigenvalue weighted by molar-refractivity contribution is 5.67. The number of ether oxygens (including phenoxy) is 1. The lowest BCUT2D eigenvalue weighted by Gasteiger charge is -2.39. The molecule has 2 N–H and O–H groups in total. The Bertz CT molecular complexity index is 735. The number of likely N-dealkylation sites (N-methyl/N-ethyl adjacent to an activating group) is 1. The second-order valence-electron chi connectivity index (χ2n) is 7.68. The molecule has 18 heteroatoms. The lowest BCUT2D eigenvalue weighted by Crippen LogP contribution is -2.69.